The SMILES string of the molecule is CC(C)(C)OC(=O)NCCc1cccc(CN=[N+]=[N-])c1. The smallest absolute Gasteiger partial charge is 0.407 e. The first kappa shape index (κ1) is 15.9. The van der Waals surface area contributed by atoms with Gasteiger partial charge in [0, 0.05) is 11.5 Å². The topological polar surface area (TPSA) is 87.1 Å². The molecule has 0 saturated carbocycles. The molecule has 1 N–H and O–H groups in total. The summed E-state index contributed by atoms with van der Waals surface area (Å²) in [7, 11) is 0. The van der Waals surface area contributed by atoms with Gasteiger partial charge in [-0.15, -0.1) is 0 Å². The van der Waals surface area contributed by atoms with E-state index in [9.17, 15) is 4.79 Å². The number of hydrogen-bond acceptors (Lipinski definition) is 3. The van der Waals surface area contributed by atoms with Gasteiger partial charge in [0.15, 0.2) is 0 Å². The Morgan fingerprint density at radius 1 is 1.40 bits per heavy atom. The van der Waals surface area contributed by atoms with Gasteiger partial charge in [0.2, 0.25) is 0 Å². The number of carbonyl (C=O) groups is 1. The Balaban J connectivity index is 2.42. The molecule has 0 aliphatic carbocycles. The molecular formula is C14H20N4O2. The third-order valence-electron chi connectivity index (χ3n) is 2.39. The van der Waals surface area contributed by atoms with Gasteiger partial charge in [-0.05, 0) is 43.9 Å². The second kappa shape index (κ2) is 7.40. The fourth-order valence-corrected chi connectivity index (χ4v) is 1.62. The molecular weight excluding hydrogens is 256 g/mol. The quantitative estimate of drug-likeness (QED) is 0.506. The molecule has 1 rings (SSSR count). The van der Waals surface area contributed by atoms with Crippen molar-refractivity contribution in [1.82, 2.24) is 5.32 Å². The van der Waals surface area contributed by atoms with Gasteiger partial charge in [0.25, 0.3) is 0 Å². The summed E-state index contributed by atoms with van der Waals surface area (Å²) >= 11 is 0. The van der Waals surface area contributed by atoms with E-state index in [0.29, 0.717) is 19.5 Å². The molecule has 0 atom stereocenters. The Morgan fingerprint density at radius 2 is 2.10 bits per heavy atom. The Morgan fingerprint density at radius 3 is 2.75 bits per heavy atom. The number of benzene rings is 1. The molecule has 1 amide bonds. The second-order valence-corrected chi connectivity index (χ2v) is 5.39. The van der Waals surface area contributed by atoms with Crippen LogP contribution >= 0.6 is 0 Å². The minimum atomic E-state index is -0.487. The van der Waals surface area contributed by atoms with Gasteiger partial charge >= 0.3 is 6.09 Å². The molecule has 0 radical (unpaired) electrons. The van der Waals surface area contributed by atoms with Crippen LogP contribution in [-0.4, -0.2) is 18.2 Å². The van der Waals surface area contributed by atoms with E-state index in [1.165, 1.54) is 0 Å². The highest BCUT2D eigenvalue weighted by Crippen LogP contribution is 2.08. The molecule has 0 aromatic heterocycles. The normalized spacial score (nSPS) is 10.6. The lowest BCUT2D eigenvalue weighted by Crippen LogP contribution is -2.33. The van der Waals surface area contributed by atoms with E-state index >= 15 is 0 Å². The van der Waals surface area contributed by atoms with Gasteiger partial charge in [-0.25, -0.2) is 4.79 Å². The summed E-state index contributed by atoms with van der Waals surface area (Å²) in [6, 6.07) is 7.74. The van der Waals surface area contributed by atoms with Crippen molar-refractivity contribution in [3.63, 3.8) is 0 Å². The van der Waals surface area contributed by atoms with Crippen molar-refractivity contribution < 1.29 is 9.53 Å². The molecule has 0 fully saturated rings. The van der Waals surface area contributed by atoms with Crippen molar-refractivity contribution in [2.45, 2.75) is 39.3 Å². The van der Waals surface area contributed by atoms with E-state index < -0.39 is 11.7 Å². The summed E-state index contributed by atoms with van der Waals surface area (Å²) in [6.45, 7) is 6.31. The van der Waals surface area contributed by atoms with Gasteiger partial charge in [0.05, 0.1) is 6.54 Å². The number of ether oxygens (including phenoxy) is 1. The van der Waals surface area contributed by atoms with E-state index in [1.54, 1.807) is 0 Å². The molecule has 6 nitrogen and oxygen atoms in total. The predicted molar refractivity (Wildman–Crippen MR) is 77.2 cm³/mol. The van der Waals surface area contributed by atoms with E-state index in [1.807, 2.05) is 45.0 Å². The van der Waals surface area contributed by atoms with Gasteiger partial charge in [-0.2, -0.15) is 0 Å². The number of carbonyl (C=O) groups excluding carboxylic acids is 1. The van der Waals surface area contributed by atoms with Crippen LogP contribution in [0, 0.1) is 0 Å². The zero-order valence-corrected chi connectivity index (χ0v) is 12.1. The number of nitrogens with one attached hydrogen (secondary N) is 1. The number of azide groups is 1. The fourth-order valence-electron chi connectivity index (χ4n) is 1.62. The summed E-state index contributed by atoms with van der Waals surface area (Å²) in [5, 5.41) is 6.23. The highest BCUT2D eigenvalue weighted by molar-refractivity contribution is 5.67. The average molecular weight is 276 g/mol. The summed E-state index contributed by atoms with van der Waals surface area (Å²) in [5.74, 6) is 0. The van der Waals surface area contributed by atoms with Crippen LogP contribution in [0.15, 0.2) is 29.4 Å². The lowest BCUT2D eigenvalue weighted by atomic mass is 10.1. The molecule has 1 aromatic carbocycles. The minimum absolute atomic E-state index is 0.337. The standard InChI is InChI=1S/C14H20N4O2/c1-14(2,3)20-13(19)16-8-7-11-5-4-6-12(9-11)10-17-18-15/h4-6,9H,7-8,10H2,1-3H3,(H,16,19). The van der Waals surface area contributed by atoms with Crippen LogP contribution < -0.4 is 5.32 Å². The summed E-state index contributed by atoms with van der Waals surface area (Å²) in [4.78, 5) is 14.2. The summed E-state index contributed by atoms with van der Waals surface area (Å²) < 4.78 is 5.15. The molecule has 0 saturated heterocycles. The van der Waals surface area contributed by atoms with Gasteiger partial charge in [0.1, 0.15) is 5.60 Å². The van der Waals surface area contributed by atoms with E-state index in [0.717, 1.165) is 11.1 Å². The van der Waals surface area contributed by atoms with Crippen molar-refractivity contribution in [3.05, 3.63) is 45.8 Å². The monoisotopic (exact) mass is 276 g/mol. The molecule has 20 heavy (non-hydrogen) atoms. The first-order valence-electron chi connectivity index (χ1n) is 6.46. The average Bonchev–Trinajstić information content (AvgIpc) is 2.34. The Kier molecular flexibility index (Phi) is 5.87. The Bertz CT molecular complexity index is 502. The molecule has 0 unspecified atom stereocenters. The molecule has 6 heteroatoms. The number of nitrogens with zero attached hydrogens (tertiary/aromatic N) is 3. The fraction of sp³-hybridized carbons (Fsp3) is 0.500. The van der Waals surface area contributed by atoms with Gasteiger partial charge in [-0.3, -0.25) is 0 Å². The van der Waals surface area contributed by atoms with Crippen LogP contribution in [0.25, 0.3) is 10.4 Å². The summed E-state index contributed by atoms with van der Waals surface area (Å²) in [6.07, 6.45) is 0.284. The van der Waals surface area contributed by atoms with Crippen molar-refractivity contribution in [1.29, 1.82) is 0 Å². The van der Waals surface area contributed by atoms with E-state index in [-0.39, 0.29) is 0 Å². The molecule has 0 spiro atoms. The molecule has 108 valence electrons. The van der Waals surface area contributed by atoms with Crippen LogP contribution in [0.2, 0.25) is 0 Å². The highest BCUT2D eigenvalue weighted by atomic mass is 16.6. The number of rotatable bonds is 5. The van der Waals surface area contributed by atoms with Gasteiger partial charge in [-0.1, -0.05) is 29.4 Å². The minimum Gasteiger partial charge on any atom is -0.444 e. The maximum absolute atomic E-state index is 11.5. The van der Waals surface area contributed by atoms with E-state index in [2.05, 4.69) is 15.3 Å². The van der Waals surface area contributed by atoms with Crippen LogP contribution in [0.3, 0.4) is 0 Å². The van der Waals surface area contributed by atoms with Crippen LogP contribution in [-0.2, 0) is 17.7 Å². The van der Waals surface area contributed by atoms with Crippen molar-refractivity contribution in [3.8, 4) is 0 Å². The van der Waals surface area contributed by atoms with E-state index in [4.69, 9.17) is 10.3 Å². The maximum Gasteiger partial charge on any atom is 0.407 e. The molecule has 1 aromatic rings. The zero-order chi connectivity index (χ0) is 15.0. The third-order valence-corrected chi connectivity index (χ3v) is 2.39. The third kappa shape index (κ3) is 6.66. The Labute approximate surface area is 118 Å². The largest absolute Gasteiger partial charge is 0.444 e. The lowest BCUT2D eigenvalue weighted by molar-refractivity contribution is 0.0528. The number of hydrogen-bond donors (Lipinski definition) is 1. The molecule has 0 heterocycles. The van der Waals surface area contributed by atoms with Crippen molar-refractivity contribution >= 4 is 6.09 Å². The van der Waals surface area contributed by atoms with Crippen LogP contribution in [0.1, 0.15) is 31.9 Å². The first-order valence-corrected chi connectivity index (χ1v) is 6.46. The Hall–Kier alpha value is -2.20. The summed E-state index contributed by atoms with van der Waals surface area (Å²) in [5.41, 5.74) is 9.83. The molecule has 0 aliphatic heterocycles. The first-order chi connectivity index (χ1) is 9.40. The van der Waals surface area contributed by atoms with Crippen LogP contribution in [0.5, 0.6) is 0 Å². The molecule has 0 bridgehead atoms. The maximum atomic E-state index is 11.5. The van der Waals surface area contributed by atoms with Crippen molar-refractivity contribution in [2.75, 3.05) is 6.54 Å². The lowest BCUT2D eigenvalue weighted by Gasteiger charge is -2.19. The number of amides is 1. The predicted octanol–water partition coefficient (Wildman–Crippen LogP) is 3.56. The number of alkyl carbamates (subject to hydrolysis) is 1. The van der Waals surface area contributed by atoms with Gasteiger partial charge < -0.3 is 10.1 Å². The van der Waals surface area contributed by atoms with Crippen LogP contribution in [0.4, 0.5) is 4.79 Å². The highest BCUT2D eigenvalue weighted by Gasteiger charge is 2.15. The van der Waals surface area contributed by atoms with Crippen molar-refractivity contribution in [2.24, 2.45) is 5.11 Å². The second-order valence-electron chi connectivity index (χ2n) is 5.39. The molecule has 0 aliphatic rings. The zero-order valence-electron chi connectivity index (χ0n) is 12.1.